The van der Waals surface area contributed by atoms with Crippen molar-refractivity contribution in [1.82, 2.24) is 9.88 Å². The summed E-state index contributed by atoms with van der Waals surface area (Å²) in [7, 11) is 0. The molecule has 1 aromatic heterocycles. The fourth-order valence-corrected chi connectivity index (χ4v) is 3.95. The zero-order valence-electron chi connectivity index (χ0n) is 15.3. The number of hydrogen-bond acceptors (Lipinski definition) is 3. The van der Waals surface area contributed by atoms with Crippen LogP contribution < -0.4 is 4.74 Å². The highest BCUT2D eigenvalue weighted by atomic mass is 19.3. The lowest BCUT2D eigenvalue weighted by atomic mass is 9.87. The second kappa shape index (κ2) is 8.43. The lowest BCUT2D eigenvalue weighted by molar-refractivity contribution is -0.0243. The normalized spacial score (nSPS) is 20.1. The predicted molar refractivity (Wildman–Crippen MR) is 95.4 cm³/mol. The van der Waals surface area contributed by atoms with Gasteiger partial charge in [0.1, 0.15) is 0 Å². The lowest BCUT2D eigenvalue weighted by Gasteiger charge is -2.26. The maximum atomic E-state index is 12.9. The highest BCUT2D eigenvalue weighted by Crippen LogP contribution is 2.27. The van der Waals surface area contributed by atoms with E-state index in [1.54, 1.807) is 6.07 Å². The molecule has 3 rings (SSSR count). The Morgan fingerprint density at radius 2 is 1.92 bits per heavy atom. The van der Waals surface area contributed by atoms with Crippen molar-refractivity contribution in [3.63, 3.8) is 0 Å². The van der Waals surface area contributed by atoms with Gasteiger partial charge in [0.25, 0.3) is 5.92 Å². The van der Waals surface area contributed by atoms with Crippen molar-refractivity contribution in [2.45, 2.75) is 64.2 Å². The van der Waals surface area contributed by atoms with Gasteiger partial charge in [-0.2, -0.15) is 0 Å². The van der Waals surface area contributed by atoms with Crippen LogP contribution >= 0.6 is 0 Å². The number of hydrogen-bond donors (Lipinski definition) is 0. The molecule has 1 aromatic rings. The summed E-state index contributed by atoms with van der Waals surface area (Å²) in [6.07, 6.45) is 10.2. The molecule has 25 heavy (non-hydrogen) atoms. The third kappa shape index (κ3) is 5.91. The summed E-state index contributed by atoms with van der Waals surface area (Å²) in [5.74, 6) is -1.60. The van der Waals surface area contributed by atoms with Gasteiger partial charge in [0, 0.05) is 38.2 Å². The summed E-state index contributed by atoms with van der Waals surface area (Å²) < 4.78 is 31.0. The fourth-order valence-electron chi connectivity index (χ4n) is 3.95. The quantitative estimate of drug-likeness (QED) is 0.754. The van der Waals surface area contributed by atoms with Crippen molar-refractivity contribution in [3.8, 4) is 5.88 Å². The van der Waals surface area contributed by atoms with Gasteiger partial charge in [-0.1, -0.05) is 38.2 Å². The van der Waals surface area contributed by atoms with E-state index in [4.69, 9.17) is 4.74 Å². The van der Waals surface area contributed by atoms with E-state index in [-0.39, 0.29) is 0 Å². The Morgan fingerprint density at radius 3 is 2.68 bits per heavy atom. The van der Waals surface area contributed by atoms with Crippen LogP contribution in [0.25, 0.3) is 0 Å². The second-order valence-corrected chi connectivity index (χ2v) is 7.75. The van der Waals surface area contributed by atoms with E-state index in [2.05, 4.69) is 9.88 Å². The van der Waals surface area contributed by atoms with Gasteiger partial charge in [-0.05, 0) is 30.9 Å². The van der Waals surface area contributed by atoms with Gasteiger partial charge in [0.15, 0.2) is 6.61 Å². The first-order valence-electron chi connectivity index (χ1n) is 9.71. The van der Waals surface area contributed by atoms with Crippen LogP contribution in [0, 0.1) is 5.92 Å². The van der Waals surface area contributed by atoms with Crippen LogP contribution in [-0.4, -0.2) is 42.0 Å². The van der Waals surface area contributed by atoms with Gasteiger partial charge < -0.3 is 9.64 Å². The number of aromatic nitrogens is 1. The van der Waals surface area contributed by atoms with Crippen LogP contribution in [0.5, 0.6) is 5.88 Å². The van der Waals surface area contributed by atoms with E-state index < -0.39 is 12.5 Å². The minimum Gasteiger partial charge on any atom is -0.471 e. The Morgan fingerprint density at radius 1 is 1.16 bits per heavy atom. The van der Waals surface area contributed by atoms with Crippen LogP contribution in [0.4, 0.5) is 8.78 Å². The number of rotatable bonds is 6. The highest BCUT2D eigenvalue weighted by Gasteiger charge is 2.23. The molecule has 0 saturated heterocycles. The Balaban J connectivity index is 1.50. The van der Waals surface area contributed by atoms with Crippen molar-refractivity contribution >= 4 is 0 Å². The van der Waals surface area contributed by atoms with E-state index in [1.807, 2.05) is 6.07 Å². The SMILES string of the molecule is CC(F)(F)COc1ccc2c(n1)CCN(CCC1CCCCC1)CC2. The molecule has 0 N–H and O–H groups in total. The molecule has 5 heteroatoms. The van der Waals surface area contributed by atoms with Gasteiger partial charge in [0.2, 0.25) is 5.88 Å². The van der Waals surface area contributed by atoms with E-state index in [0.29, 0.717) is 5.88 Å². The van der Waals surface area contributed by atoms with Crippen LogP contribution in [0.15, 0.2) is 12.1 Å². The Kier molecular flexibility index (Phi) is 6.26. The molecule has 1 aliphatic heterocycles. The van der Waals surface area contributed by atoms with Gasteiger partial charge >= 0.3 is 0 Å². The number of nitrogens with zero attached hydrogens (tertiary/aromatic N) is 2. The van der Waals surface area contributed by atoms with Gasteiger partial charge in [-0.25, -0.2) is 13.8 Å². The number of halogens is 2. The minimum absolute atomic E-state index is 0.316. The van der Waals surface area contributed by atoms with Crippen LogP contribution in [0.2, 0.25) is 0 Å². The van der Waals surface area contributed by atoms with Crippen molar-refractivity contribution in [2.75, 3.05) is 26.2 Å². The van der Waals surface area contributed by atoms with Crippen LogP contribution in [0.3, 0.4) is 0 Å². The summed E-state index contributed by atoms with van der Waals surface area (Å²) in [5, 5.41) is 0. The van der Waals surface area contributed by atoms with E-state index in [1.165, 1.54) is 50.6 Å². The Bertz CT molecular complexity index is 553. The van der Waals surface area contributed by atoms with E-state index in [0.717, 1.165) is 44.5 Å². The van der Waals surface area contributed by atoms with Crippen LogP contribution in [-0.2, 0) is 12.8 Å². The first-order chi connectivity index (χ1) is 12.0. The number of ether oxygens (including phenoxy) is 1. The second-order valence-electron chi connectivity index (χ2n) is 7.75. The number of alkyl halides is 2. The molecule has 0 atom stereocenters. The standard InChI is InChI=1S/C20H30F2N2O/c1-20(21,22)15-25-19-8-7-17-10-13-24(14-11-18(17)23-19)12-9-16-5-3-2-4-6-16/h7-8,16H,2-6,9-15H2,1H3. The molecule has 2 heterocycles. The summed E-state index contributed by atoms with van der Waals surface area (Å²) in [6, 6.07) is 3.72. The first kappa shape index (κ1) is 18.6. The highest BCUT2D eigenvalue weighted by molar-refractivity contribution is 5.27. The number of pyridine rings is 1. The number of fused-ring (bicyclic) bond motifs is 1. The molecule has 0 unspecified atom stereocenters. The third-order valence-corrected chi connectivity index (χ3v) is 5.46. The third-order valence-electron chi connectivity index (χ3n) is 5.46. The monoisotopic (exact) mass is 352 g/mol. The van der Waals surface area contributed by atoms with Crippen molar-refractivity contribution in [1.29, 1.82) is 0 Å². The smallest absolute Gasteiger partial charge is 0.278 e. The largest absolute Gasteiger partial charge is 0.471 e. The molecule has 140 valence electrons. The molecule has 3 nitrogen and oxygen atoms in total. The van der Waals surface area contributed by atoms with Gasteiger partial charge in [-0.15, -0.1) is 0 Å². The maximum absolute atomic E-state index is 12.9. The Hall–Kier alpha value is -1.23. The van der Waals surface area contributed by atoms with E-state index in [9.17, 15) is 8.78 Å². The summed E-state index contributed by atoms with van der Waals surface area (Å²) in [6.45, 7) is 3.48. The summed E-state index contributed by atoms with van der Waals surface area (Å²) in [5.41, 5.74) is 2.24. The van der Waals surface area contributed by atoms with Crippen molar-refractivity contribution < 1.29 is 13.5 Å². The van der Waals surface area contributed by atoms with Crippen LogP contribution in [0.1, 0.15) is 56.7 Å². The molecule has 0 spiro atoms. The zero-order chi connectivity index (χ0) is 17.7. The molecular weight excluding hydrogens is 322 g/mol. The molecule has 1 aliphatic carbocycles. The summed E-state index contributed by atoms with van der Waals surface area (Å²) in [4.78, 5) is 7.02. The first-order valence-corrected chi connectivity index (χ1v) is 9.71. The van der Waals surface area contributed by atoms with E-state index >= 15 is 0 Å². The molecule has 0 aromatic carbocycles. The molecule has 2 aliphatic rings. The topological polar surface area (TPSA) is 25.4 Å². The molecule has 0 radical (unpaired) electrons. The van der Waals surface area contributed by atoms with Crippen molar-refractivity contribution in [3.05, 3.63) is 23.4 Å². The molecule has 0 amide bonds. The molecular formula is C20H30F2N2O. The van der Waals surface area contributed by atoms with Gasteiger partial charge in [0.05, 0.1) is 0 Å². The average molecular weight is 352 g/mol. The molecule has 1 fully saturated rings. The molecule has 1 saturated carbocycles. The van der Waals surface area contributed by atoms with Gasteiger partial charge in [-0.3, -0.25) is 0 Å². The van der Waals surface area contributed by atoms with Crippen molar-refractivity contribution in [2.24, 2.45) is 5.92 Å². The fraction of sp³-hybridized carbons (Fsp3) is 0.750. The average Bonchev–Trinajstić information content (AvgIpc) is 2.80. The maximum Gasteiger partial charge on any atom is 0.278 e. The zero-order valence-corrected chi connectivity index (χ0v) is 15.3. The minimum atomic E-state index is -2.83. The summed E-state index contributed by atoms with van der Waals surface area (Å²) >= 11 is 0. The predicted octanol–water partition coefficient (Wildman–Crippen LogP) is 4.49. The Labute approximate surface area is 149 Å². The molecule has 0 bridgehead atoms. The lowest BCUT2D eigenvalue weighted by Crippen LogP contribution is -2.29.